The van der Waals surface area contributed by atoms with E-state index in [4.69, 9.17) is 9.79 Å². The van der Waals surface area contributed by atoms with Crippen LogP contribution in [0, 0.1) is 0 Å². The molecule has 1 heterocycles. The average Bonchev–Trinajstić information content (AvgIpc) is 2.57. The number of benzene rings is 1. The van der Waals surface area contributed by atoms with E-state index in [2.05, 4.69) is 18.8 Å². The first-order valence-corrected chi connectivity index (χ1v) is 7.31. The smallest absolute Gasteiger partial charge is 0.329 e. The minimum absolute atomic E-state index is 0.203. The van der Waals surface area contributed by atoms with Gasteiger partial charge in [0, 0.05) is 11.2 Å². The minimum atomic E-state index is -3.99. The number of fused-ring (bicyclic) bond motifs is 1. The van der Waals surface area contributed by atoms with Crippen molar-refractivity contribution in [3.05, 3.63) is 35.5 Å². The molecule has 0 unspecified atom stereocenters. The van der Waals surface area contributed by atoms with Crippen LogP contribution in [0.1, 0.15) is 31.0 Å². The highest BCUT2D eigenvalue weighted by molar-refractivity contribution is 7.50. The molecule has 4 nitrogen and oxygen atoms in total. The number of aromatic amines is 1. The van der Waals surface area contributed by atoms with Gasteiger partial charge in [-0.15, -0.1) is 0 Å². The zero-order valence-electron chi connectivity index (χ0n) is 9.84. The fraction of sp³-hybridized carbons (Fsp3) is 0.333. The van der Waals surface area contributed by atoms with Gasteiger partial charge in [0.1, 0.15) is 0 Å². The van der Waals surface area contributed by atoms with Crippen LogP contribution in [-0.2, 0) is 10.7 Å². The predicted octanol–water partition coefficient (Wildman–Crippen LogP) is 2.97. The summed E-state index contributed by atoms with van der Waals surface area (Å²) in [5, 5.41) is 1.000. The van der Waals surface area contributed by atoms with E-state index in [9.17, 15) is 4.57 Å². The number of H-pyrrole nitrogens is 1. The van der Waals surface area contributed by atoms with Gasteiger partial charge in [-0.3, -0.25) is 4.57 Å². The van der Waals surface area contributed by atoms with Crippen molar-refractivity contribution in [3.63, 3.8) is 0 Å². The van der Waals surface area contributed by atoms with Crippen LogP contribution < -0.4 is 0 Å². The van der Waals surface area contributed by atoms with E-state index >= 15 is 0 Å². The van der Waals surface area contributed by atoms with E-state index in [-0.39, 0.29) is 6.16 Å². The van der Waals surface area contributed by atoms with E-state index in [0.29, 0.717) is 11.5 Å². The summed E-state index contributed by atoms with van der Waals surface area (Å²) in [6.45, 7) is 4.20. The third kappa shape index (κ3) is 2.97. The van der Waals surface area contributed by atoms with Crippen molar-refractivity contribution in [3.8, 4) is 0 Å². The van der Waals surface area contributed by atoms with Crippen molar-refractivity contribution >= 4 is 18.5 Å². The van der Waals surface area contributed by atoms with Crippen LogP contribution in [0.5, 0.6) is 0 Å². The van der Waals surface area contributed by atoms with Crippen molar-refractivity contribution < 1.29 is 14.4 Å². The molecule has 1 aromatic carbocycles. The fourth-order valence-corrected chi connectivity index (χ4v) is 2.52. The summed E-state index contributed by atoms with van der Waals surface area (Å²) in [4.78, 5) is 21.2. The van der Waals surface area contributed by atoms with Gasteiger partial charge in [0.05, 0.1) is 6.16 Å². The Balaban J connectivity index is 2.40. The van der Waals surface area contributed by atoms with Crippen molar-refractivity contribution in [2.75, 3.05) is 0 Å². The Morgan fingerprint density at radius 3 is 2.59 bits per heavy atom. The lowest BCUT2D eigenvalue weighted by molar-refractivity contribution is 0.372. The quantitative estimate of drug-likeness (QED) is 0.736. The maximum Gasteiger partial charge on any atom is 0.329 e. The Morgan fingerprint density at radius 2 is 2.00 bits per heavy atom. The molecule has 0 aliphatic carbocycles. The molecule has 0 spiro atoms. The molecule has 92 valence electrons. The Morgan fingerprint density at radius 1 is 1.29 bits per heavy atom. The molecule has 0 aliphatic heterocycles. The molecule has 0 atom stereocenters. The van der Waals surface area contributed by atoms with Gasteiger partial charge in [-0.2, -0.15) is 0 Å². The van der Waals surface area contributed by atoms with Crippen LogP contribution >= 0.6 is 7.60 Å². The summed E-state index contributed by atoms with van der Waals surface area (Å²) in [7, 11) is -3.99. The van der Waals surface area contributed by atoms with Crippen LogP contribution in [0.15, 0.2) is 24.3 Å². The van der Waals surface area contributed by atoms with Crippen LogP contribution in [0.25, 0.3) is 10.9 Å². The second-order valence-electron chi connectivity index (χ2n) is 4.62. The first-order valence-electron chi connectivity index (χ1n) is 5.51. The zero-order chi connectivity index (χ0) is 12.6. The van der Waals surface area contributed by atoms with E-state index in [1.807, 2.05) is 18.2 Å². The number of aromatic nitrogens is 1. The Bertz CT molecular complexity index is 582. The summed E-state index contributed by atoms with van der Waals surface area (Å²) in [5.74, 6) is 0.410. The third-order valence-electron chi connectivity index (χ3n) is 2.72. The standard InChI is InChI=1S/C12H16NO3P/c1-8(2)12-6-10-5-9(7-17(14,15)16)3-4-11(10)13-12/h3-6,8,13H,7H2,1-2H3,(H2,14,15,16). The lowest BCUT2D eigenvalue weighted by atomic mass is 10.1. The molecule has 0 fully saturated rings. The highest BCUT2D eigenvalue weighted by atomic mass is 31.2. The Hall–Kier alpha value is -1.09. The van der Waals surface area contributed by atoms with Gasteiger partial charge >= 0.3 is 7.60 Å². The second kappa shape index (κ2) is 4.30. The van der Waals surface area contributed by atoms with E-state index < -0.39 is 7.60 Å². The maximum atomic E-state index is 10.9. The van der Waals surface area contributed by atoms with Crippen molar-refractivity contribution in [2.45, 2.75) is 25.9 Å². The van der Waals surface area contributed by atoms with Gasteiger partial charge in [-0.05, 0) is 35.1 Å². The number of rotatable bonds is 3. The zero-order valence-corrected chi connectivity index (χ0v) is 10.7. The molecule has 3 N–H and O–H groups in total. The van der Waals surface area contributed by atoms with Gasteiger partial charge in [0.2, 0.25) is 0 Å². The van der Waals surface area contributed by atoms with Gasteiger partial charge in [-0.1, -0.05) is 19.9 Å². The highest BCUT2D eigenvalue weighted by Crippen LogP contribution is 2.39. The number of hydrogen-bond donors (Lipinski definition) is 3. The monoisotopic (exact) mass is 253 g/mol. The first kappa shape index (κ1) is 12.4. The third-order valence-corrected chi connectivity index (χ3v) is 3.49. The molecule has 0 aliphatic rings. The van der Waals surface area contributed by atoms with Gasteiger partial charge in [-0.25, -0.2) is 0 Å². The molecule has 17 heavy (non-hydrogen) atoms. The topological polar surface area (TPSA) is 73.3 Å². The first-order chi connectivity index (χ1) is 7.85. The van der Waals surface area contributed by atoms with Crippen molar-refractivity contribution in [1.29, 1.82) is 0 Å². The largest absolute Gasteiger partial charge is 0.358 e. The molecule has 2 rings (SSSR count). The molecule has 0 bridgehead atoms. The molecular weight excluding hydrogens is 237 g/mol. The summed E-state index contributed by atoms with van der Waals surface area (Å²) >= 11 is 0. The molecule has 5 heteroatoms. The highest BCUT2D eigenvalue weighted by Gasteiger charge is 2.14. The predicted molar refractivity (Wildman–Crippen MR) is 68.1 cm³/mol. The van der Waals surface area contributed by atoms with Gasteiger partial charge < -0.3 is 14.8 Å². The molecule has 0 saturated carbocycles. The lowest BCUT2D eigenvalue weighted by Gasteiger charge is -2.03. The molecule has 0 saturated heterocycles. The molecule has 2 aromatic rings. The Labute approximate surface area is 99.8 Å². The van der Waals surface area contributed by atoms with Gasteiger partial charge in [0.15, 0.2) is 0 Å². The van der Waals surface area contributed by atoms with Crippen LogP contribution in [0.3, 0.4) is 0 Å². The van der Waals surface area contributed by atoms with Crippen molar-refractivity contribution in [2.24, 2.45) is 0 Å². The molecule has 0 amide bonds. The summed E-state index contributed by atoms with van der Waals surface area (Å²) in [5.41, 5.74) is 2.80. The summed E-state index contributed by atoms with van der Waals surface area (Å²) in [6, 6.07) is 7.48. The normalized spacial score (nSPS) is 12.5. The Kier molecular flexibility index (Phi) is 3.13. The van der Waals surface area contributed by atoms with Crippen LogP contribution in [0.2, 0.25) is 0 Å². The maximum absolute atomic E-state index is 10.9. The molecular formula is C12H16NO3P. The van der Waals surface area contributed by atoms with Crippen molar-refractivity contribution in [1.82, 2.24) is 4.98 Å². The van der Waals surface area contributed by atoms with Crippen LogP contribution in [0.4, 0.5) is 0 Å². The van der Waals surface area contributed by atoms with E-state index in [0.717, 1.165) is 16.6 Å². The average molecular weight is 253 g/mol. The second-order valence-corrected chi connectivity index (χ2v) is 6.27. The SMILES string of the molecule is CC(C)c1cc2cc(CP(=O)(O)O)ccc2[nH]1. The van der Waals surface area contributed by atoms with E-state index in [1.54, 1.807) is 6.07 Å². The minimum Gasteiger partial charge on any atom is -0.358 e. The number of nitrogens with one attached hydrogen (secondary N) is 1. The van der Waals surface area contributed by atoms with Gasteiger partial charge in [0.25, 0.3) is 0 Å². The lowest BCUT2D eigenvalue weighted by Crippen LogP contribution is -1.86. The summed E-state index contributed by atoms with van der Waals surface area (Å²) in [6.07, 6.45) is -0.203. The number of hydrogen-bond acceptors (Lipinski definition) is 1. The molecule has 0 radical (unpaired) electrons. The fourth-order valence-electron chi connectivity index (χ4n) is 1.85. The summed E-state index contributed by atoms with van der Waals surface area (Å²) < 4.78 is 10.9. The van der Waals surface area contributed by atoms with Crippen LogP contribution in [-0.4, -0.2) is 14.8 Å². The molecule has 1 aromatic heterocycles. The van der Waals surface area contributed by atoms with E-state index in [1.165, 1.54) is 0 Å².